The van der Waals surface area contributed by atoms with E-state index in [1.807, 2.05) is 0 Å². The van der Waals surface area contributed by atoms with Crippen molar-refractivity contribution in [2.75, 3.05) is 5.32 Å². The van der Waals surface area contributed by atoms with Crippen LogP contribution in [0.3, 0.4) is 0 Å². The molecule has 0 bridgehead atoms. The number of anilines is 1. The molecule has 1 saturated carbocycles. The number of amides is 2. The number of benzene rings is 3. The first kappa shape index (κ1) is 26.9. The van der Waals surface area contributed by atoms with Gasteiger partial charge in [0.05, 0.1) is 16.3 Å². The Morgan fingerprint density at radius 2 is 1.56 bits per heavy atom. The van der Waals surface area contributed by atoms with Crippen LogP contribution in [0, 0.1) is 0 Å². The van der Waals surface area contributed by atoms with E-state index in [0.29, 0.717) is 11.6 Å². The van der Waals surface area contributed by atoms with Crippen molar-refractivity contribution in [1.82, 2.24) is 0 Å². The second kappa shape index (κ2) is 9.30. The van der Waals surface area contributed by atoms with Gasteiger partial charge in [-0.1, -0.05) is 70.1 Å². The van der Waals surface area contributed by atoms with Crippen LogP contribution in [0.4, 0.5) is 18.9 Å². The molecule has 0 saturated heterocycles. The van der Waals surface area contributed by atoms with Gasteiger partial charge in [0.25, 0.3) is 5.91 Å². The minimum atomic E-state index is -4.63. The van der Waals surface area contributed by atoms with E-state index < -0.39 is 39.2 Å². The fourth-order valence-electron chi connectivity index (χ4n) is 4.31. The average molecular weight is 597 g/mol. The topological polar surface area (TPSA) is 72.2 Å². The number of hydrogen-bond donors (Lipinski definition) is 2. The molecular formula is C24H14Cl5F3N2O2. The van der Waals surface area contributed by atoms with Crippen LogP contribution in [0.25, 0.3) is 0 Å². The minimum Gasteiger partial charge on any atom is -0.369 e. The summed E-state index contributed by atoms with van der Waals surface area (Å²) < 4.78 is 37.4. The number of carbonyl (C=O) groups is 2. The first-order chi connectivity index (χ1) is 16.7. The normalized spacial score (nSPS) is 20.6. The van der Waals surface area contributed by atoms with E-state index in [9.17, 15) is 22.8 Å². The average Bonchev–Trinajstić information content (AvgIpc) is 3.31. The lowest BCUT2D eigenvalue weighted by molar-refractivity contribution is -0.137. The van der Waals surface area contributed by atoms with Crippen LogP contribution in [0.15, 0.2) is 60.7 Å². The summed E-state index contributed by atoms with van der Waals surface area (Å²) in [4.78, 5) is 25.5. The molecule has 1 aliphatic rings. The molecule has 2 amide bonds. The number of halogens is 8. The van der Waals surface area contributed by atoms with Gasteiger partial charge in [-0.3, -0.25) is 9.59 Å². The molecule has 3 N–H and O–H groups in total. The van der Waals surface area contributed by atoms with Crippen molar-refractivity contribution in [3.05, 3.63) is 98.0 Å². The summed E-state index contributed by atoms with van der Waals surface area (Å²) in [5, 5.41) is 3.10. The van der Waals surface area contributed by atoms with Crippen molar-refractivity contribution in [2.24, 2.45) is 5.73 Å². The first-order valence-electron chi connectivity index (χ1n) is 10.1. The highest BCUT2D eigenvalue weighted by Gasteiger charge is 2.80. The first-order valence-corrected chi connectivity index (χ1v) is 12.0. The summed E-state index contributed by atoms with van der Waals surface area (Å²) >= 11 is 31.7. The van der Waals surface area contributed by atoms with Gasteiger partial charge in [-0.15, -0.1) is 0 Å². The van der Waals surface area contributed by atoms with Crippen LogP contribution in [0.1, 0.15) is 33.0 Å². The molecule has 0 spiro atoms. The third kappa shape index (κ3) is 4.52. The number of carbonyl (C=O) groups excluding carboxylic acids is 2. The molecule has 4 rings (SSSR count). The fraction of sp³-hybridized carbons (Fsp3) is 0.167. The molecule has 36 heavy (non-hydrogen) atoms. The van der Waals surface area contributed by atoms with Crippen LogP contribution >= 0.6 is 58.0 Å². The van der Waals surface area contributed by atoms with Crippen molar-refractivity contribution >= 4 is 75.5 Å². The Balaban J connectivity index is 1.74. The van der Waals surface area contributed by atoms with E-state index in [-0.39, 0.29) is 31.9 Å². The second-order valence-corrected chi connectivity index (χ2v) is 10.8. The van der Waals surface area contributed by atoms with Crippen molar-refractivity contribution in [2.45, 2.75) is 21.8 Å². The van der Waals surface area contributed by atoms with E-state index in [1.165, 1.54) is 30.3 Å². The second-order valence-electron chi connectivity index (χ2n) is 8.16. The van der Waals surface area contributed by atoms with E-state index in [1.54, 1.807) is 12.1 Å². The van der Waals surface area contributed by atoms with Crippen LogP contribution < -0.4 is 11.1 Å². The van der Waals surface area contributed by atoms with Gasteiger partial charge in [-0.25, -0.2) is 0 Å². The lowest BCUT2D eigenvalue weighted by Crippen LogP contribution is -2.34. The molecule has 2 unspecified atom stereocenters. The third-order valence-electron chi connectivity index (χ3n) is 5.97. The number of alkyl halides is 5. The highest BCUT2D eigenvalue weighted by molar-refractivity contribution is 6.55. The number of primary amides is 1. The summed E-state index contributed by atoms with van der Waals surface area (Å²) in [6.07, 6.45) is -4.63. The van der Waals surface area contributed by atoms with E-state index >= 15 is 0 Å². The van der Waals surface area contributed by atoms with Gasteiger partial charge in [0.2, 0.25) is 5.91 Å². The van der Waals surface area contributed by atoms with Gasteiger partial charge in [-0.05, 0) is 59.7 Å². The molecule has 0 heterocycles. The highest BCUT2D eigenvalue weighted by Crippen LogP contribution is 2.74. The number of rotatable bonds is 5. The molecule has 188 valence electrons. The Bertz CT molecular complexity index is 1380. The fourth-order valence-corrected chi connectivity index (χ4v) is 6.11. The van der Waals surface area contributed by atoms with Gasteiger partial charge >= 0.3 is 6.18 Å². The zero-order valence-electron chi connectivity index (χ0n) is 17.8. The Labute approximate surface area is 228 Å². The number of nitrogens with one attached hydrogen (secondary N) is 1. The Hall–Kier alpha value is -2.16. The summed E-state index contributed by atoms with van der Waals surface area (Å²) in [6, 6.07) is 12.7. The van der Waals surface area contributed by atoms with Crippen LogP contribution in [-0.2, 0) is 16.4 Å². The summed E-state index contributed by atoms with van der Waals surface area (Å²) in [5.41, 5.74) is 3.59. The SMILES string of the molecule is NC(=O)C1(c2ccc(Cl)c(NC(=O)c3cccc(C(F)(F)F)c3)c2)C(c2cc(Cl)cc(Cl)c2)C1(Cl)Cl. The molecule has 12 heteroatoms. The predicted octanol–water partition coefficient (Wildman–Crippen LogP) is 7.61. The maximum atomic E-state index is 13.1. The number of hydrogen-bond acceptors (Lipinski definition) is 2. The van der Waals surface area contributed by atoms with Crippen molar-refractivity contribution in [3.63, 3.8) is 0 Å². The molecule has 2 atom stereocenters. The van der Waals surface area contributed by atoms with E-state index in [2.05, 4.69) is 5.32 Å². The van der Waals surface area contributed by atoms with E-state index in [0.717, 1.165) is 12.1 Å². The quantitative estimate of drug-likeness (QED) is 0.298. The third-order valence-corrected chi connectivity index (χ3v) is 7.77. The Morgan fingerprint density at radius 3 is 2.14 bits per heavy atom. The zero-order valence-corrected chi connectivity index (χ0v) is 21.5. The van der Waals surface area contributed by atoms with Gasteiger partial charge in [-0.2, -0.15) is 13.2 Å². The van der Waals surface area contributed by atoms with Crippen LogP contribution in [0.5, 0.6) is 0 Å². The van der Waals surface area contributed by atoms with Crippen molar-refractivity contribution in [1.29, 1.82) is 0 Å². The lowest BCUT2D eigenvalue weighted by Gasteiger charge is -2.18. The molecule has 1 fully saturated rings. The highest BCUT2D eigenvalue weighted by atomic mass is 35.5. The molecule has 1 aliphatic carbocycles. The molecule has 3 aromatic carbocycles. The zero-order chi connectivity index (χ0) is 26.6. The minimum absolute atomic E-state index is 0.0103. The Kier molecular flexibility index (Phi) is 6.94. The van der Waals surface area contributed by atoms with Gasteiger partial charge in [0, 0.05) is 21.5 Å². The van der Waals surface area contributed by atoms with Gasteiger partial charge in [0.15, 0.2) is 0 Å². The summed E-state index contributed by atoms with van der Waals surface area (Å²) in [5.74, 6) is -2.56. The van der Waals surface area contributed by atoms with Crippen molar-refractivity contribution < 1.29 is 22.8 Å². The van der Waals surface area contributed by atoms with E-state index in [4.69, 9.17) is 63.7 Å². The summed E-state index contributed by atoms with van der Waals surface area (Å²) in [7, 11) is 0. The van der Waals surface area contributed by atoms with Gasteiger partial charge < -0.3 is 11.1 Å². The molecule has 3 aromatic rings. The Morgan fingerprint density at radius 1 is 0.917 bits per heavy atom. The molecule has 0 aliphatic heterocycles. The number of nitrogens with two attached hydrogens (primary N) is 1. The van der Waals surface area contributed by atoms with Gasteiger partial charge in [0.1, 0.15) is 9.75 Å². The smallest absolute Gasteiger partial charge is 0.369 e. The predicted molar refractivity (Wildman–Crippen MR) is 135 cm³/mol. The molecular weight excluding hydrogens is 583 g/mol. The van der Waals surface area contributed by atoms with Crippen LogP contribution in [-0.4, -0.2) is 16.1 Å². The summed E-state index contributed by atoms with van der Waals surface area (Å²) in [6.45, 7) is 0. The largest absolute Gasteiger partial charge is 0.416 e. The van der Waals surface area contributed by atoms with Crippen molar-refractivity contribution in [3.8, 4) is 0 Å². The maximum Gasteiger partial charge on any atom is 0.416 e. The standard InChI is InChI=1S/C24H14Cl5F3N2O2/c25-15-7-12(8-16(26)10-15)19-22(21(33)36,23(19,28)29)13-4-5-17(27)18(9-13)34-20(35)11-2-1-3-14(6-11)24(30,31)32/h1-10,19H,(H2,33,36)(H,34,35). The monoisotopic (exact) mass is 594 g/mol. The lowest BCUT2D eigenvalue weighted by atomic mass is 9.89. The molecule has 4 nitrogen and oxygen atoms in total. The molecule has 0 radical (unpaired) electrons. The maximum absolute atomic E-state index is 13.1. The molecule has 0 aromatic heterocycles. The van der Waals surface area contributed by atoms with Crippen LogP contribution in [0.2, 0.25) is 15.1 Å².